The van der Waals surface area contributed by atoms with Gasteiger partial charge in [-0.05, 0) is 13.0 Å². The van der Waals surface area contributed by atoms with Crippen molar-refractivity contribution in [1.29, 1.82) is 0 Å². The van der Waals surface area contributed by atoms with E-state index < -0.39 is 6.09 Å². The van der Waals surface area contributed by atoms with Gasteiger partial charge in [-0.25, -0.2) is 24.2 Å². The molecule has 0 unspecified atom stereocenters. The van der Waals surface area contributed by atoms with Gasteiger partial charge in [-0.2, -0.15) is 5.10 Å². The SMILES string of the molecule is C/C=C1/C(c2nc(N)c(N(C)C(=O)OC)c(N)n2)=NN(Cc2ccccc2F)C1=NC. The molecular formula is C20H23FN8O2. The van der Waals surface area contributed by atoms with E-state index >= 15 is 0 Å². The quantitative estimate of drug-likeness (QED) is 0.765. The Morgan fingerprint density at radius 3 is 2.48 bits per heavy atom. The molecule has 0 saturated carbocycles. The fourth-order valence-corrected chi connectivity index (χ4v) is 3.20. The van der Waals surface area contributed by atoms with Crippen molar-refractivity contribution in [1.82, 2.24) is 15.0 Å². The molecule has 162 valence electrons. The number of aromatic nitrogens is 2. The fourth-order valence-electron chi connectivity index (χ4n) is 3.20. The molecule has 1 amide bonds. The molecule has 0 fully saturated rings. The summed E-state index contributed by atoms with van der Waals surface area (Å²) in [5, 5.41) is 6.11. The first kappa shape index (κ1) is 21.7. The van der Waals surface area contributed by atoms with Crippen LogP contribution in [0, 0.1) is 5.82 Å². The Kier molecular flexibility index (Phi) is 6.14. The van der Waals surface area contributed by atoms with Crippen molar-refractivity contribution in [3.05, 3.63) is 53.1 Å². The number of hydrogen-bond donors (Lipinski definition) is 2. The van der Waals surface area contributed by atoms with E-state index in [4.69, 9.17) is 11.5 Å². The third kappa shape index (κ3) is 4.02. The summed E-state index contributed by atoms with van der Waals surface area (Å²) in [6.45, 7) is 1.98. The van der Waals surface area contributed by atoms with E-state index in [1.54, 1.807) is 36.3 Å². The van der Waals surface area contributed by atoms with E-state index in [1.807, 2.05) is 6.92 Å². The van der Waals surface area contributed by atoms with Gasteiger partial charge in [0, 0.05) is 25.2 Å². The van der Waals surface area contributed by atoms with E-state index in [0.717, 1.165) is 4.90 Å². The summed E-state index contributed by atoms with van der Waals surface area (Å²) in [6.07, 6.45) is 1.13. The number of hydrazone groups is 1. The van der Waals surface area contributed by atoms with Crippen molar-refractivity contribution in [2.24, 2.45) is 10.1 Å². The largest absolute Gasteiger partial charge is 0.452 e. The number of allylic oxidation sites excluding steroid dienone is 1. The van der Waals surface area contributed by atoms with Gasteiger partial charge in [0.05, 0.1) is 13.7 Å². The van der Waals surface area contributed by atoms with Crippen LogP contribution in [-0.4, -0.2) is 53.8 Å². The molecule has 2 aromatic rings. The number of anilines is 3. The molecule has 0 aliphatic carbocycles. The lowest BCUT2D eigenvalue weighted by molar-refractivity contribution is 0.180. The zero-order valence-corrected chi connectivity index (χ0v) is 17.6. The second-order valence-electron chi connectivity index (χ2n) is 6.54. The predicted molar refractivity (Wildman–Crippen MR) is 117 cm³/mol. The van der Waals surface area contributed by atoms with Crippen LogP contribution in [0.3, 0.4) is 0 Å². The van der Waals surface area contributed by atoms with Crippen LogP contribution >= 0.6 is 0 Å². The molecule has 1 aliphatic rings. The number of aliphatic imine (C=N–C) groups is 1. The highest BCUT2D eigenvalue weighted by atomic mass is 19.1. The van der Waals surface area contributed by atoms with Crippen molar-refractivity contribution in [3.8, 4) is 0 Å². The molecule has 3 rings (SSSR count). The Bertz CT molecular complexity index is 1090. The van der Waals surface area contributed by atoms with Crippen molar-refractivity contribution in [3.63, 3.8) is 0 Å². The van der Waals surface area contributed by atoms with Gasteiger partial charge in [0.15, 0.2) is 23.3 Å². The van der Waals surface area contributed by atoms with Crippen LogP contribution < -0.4 is 16.4 Å². The van der Waals surface area contributed by atoms with Crippen LogP contribution in [0.2, 0.25) is 0 Å². The van der Waals surface area contributed by atoms with Crippen LogP contribution in [0.15, 0.2) is 46.0 Å². The number of methoxy groups -OCH3 is 1. The second-order valence-corrected chi connectivity index (χ2v) is 6.54. The number of nitrogen functional groups attached to an aromatic ring is 2. The molecule has 31 heavy (non-hydrogen) atoms. The third-order valence-electron chi connectivity index (χ3n) is 4.67. The fraction of sp³-hybridized carbons (Fsp3) is 0.250. The number of halogens is 1. The molecule has 2 heterocycles. The number of nitrogens with two attached hydrogens (primary N) is 2. The van der Waals surface area contributed by atoms with Gasteiger partial charge < -0.3 is 16.2 Å². The molecule has 10 nitrogen and oxygen atoms in total. The van der Waals surface area contributed by atoms with Gasteiger partial charge in [-0.1, -0.05) is 24.3 Å². The Labute approximate surface area is 178 Å². The molecular weight excluding hydrogens is 403 g/mol. The highest BCUT2D eigenvalue weighted by Gasteiger charge is 2.31. The van der Waals surface area contributed by atoms with Crippen molar-refractivity contribution >= 4 is 35.0 Å². The molecule has 0 saturated heterocycles. The van der Waals surface area contributed by atoms with E-state index in [0.29, 0.717) is 22.7 Å². The Hall–Kier alpha value is -4.02. The highest BCUT2D eigenvalue weighted by Crippen LogP contribution is 2.29. The first-order valence-electron chi connectivity index (χ1n) is 9.30. The Morgan fingerprint density at radius 1 is 1.29 bits per heavy atom. The average Bonchev–Trinajstić information content (AvgIpc) is 3.11. The monoisotopic (exact) mass is 426 g/mol. The van der Waals surface area contributed by atoms with Crippen molar-refractivity contribution < 1.29 is 13.9 Å². The smallest absolute Gasteiger partial charge is 0.413 e. The first-order valence-corrected chi connectivity index (χ1v) is 9.30. The minimum atomic E-state index is -0.668. The number of nitrogens with zero attached hydrogens (tertiary/aromatic N) is 6. The van der Waals surface area contributed by atoms with Crippen LogP contribution in [0.4, 0.5) is 26.5 Å². The maximum Gasteiger partial charge on any atom is 0.413 e. The van der Waals surface area contributed by atoms with Gasteiger partial charge in [0.1, 0.15) is 17.2 Å². The standard InChI is InChI=1S/C20H23FN8O2/c1-5-12-14(18-25-16(22)15(17(23)26-18)28(3)20(30)31-4)27-29(19(12)24-2)10-11-8-6-7-9-13(11)21/h5-9H,10H2,1-4H3,(H4,22,23,25,26)/b12-5-,24-19?. The maximum absolute atomic E-state index is 14.2. The minimum Gasteiger partial charge on any atom is -0.452 e. The first-order chi connectivity index (χ1) is 14.8. The van der Waals surface area contributed by atoms with Gasteiger partial charge in [0.25, 0.3) is 0 Å². The van der Waals surface area contributed by atoms with Crippen molar-refractivity contribution in [2.75, 3.05) is 37.6 Å². The van der Waals surface area contributed by atoms with Crippen molar-refractivity contribution in [2.45, 2.75) is 13.5 Å². The lowest BCUT2D eigenvalue weighted by Gasteiger charge is -2.18. The van der Waals surface area contributed by atoms with Gasteiger partial charge in [0.2, 0.25) is 0 Å². The van der Waals surface area contributed by atoms with Crippen LogP contribution in [-0.2, 0) is 11.3 Å². The molecule has 0 spiro atoms. The lowest BCUT2D eigenvalue weighted by Crippen LogP contribution is -2.29. The summed E-state index contributed by atoms with van der Waals surface area (Å²) in [5.41, 5.74) is 13.7. The number of amides is 1. The molecule has 0 atom stereocenters. The van der Waals surface area contributed by atoms with E-state index in [9.17, 15) is 9.18 Å². The highest BCUT2D eigenvalue weighted by molar-refractivity contribution is 6.31. The Morgan fingerprint density at radius 2 is 1.94 bits per heavy atom. The summed E-state index contributed by atoms with van der Waals surface area (Å²) in [7, 11) is 4.30. The van der Waals surface area contributed by atoms with Crippen LogP contribution in [0.25, 0.3) is 0 Å². The maximum atomic E-state index is 14.2. The summed E-state index contributed by atoms with van der Waals surface area (Å²) in [5.74, 6) is 0.301. The lowest BCUT2D eigenvalue weighted by atomic mass is 10.1. The molecule has 0 bridgehead atoms. The van der Waals surface area contributed by atoms with E-state index in [-0.39, 0.29) is 35.5 Å². The summed E-state index contributed by atoms with van der Waals surface area (Å²) in [4.78, 5) is 25.8. The number of carbonyl (C=O) groups is 1. The van der Waals surface area contributed by atoms with Gasteiger partial charge in [-0.3, -0.25) is 9.89 Å². The molecule has 4 N–H and O–H groups in total. The third-order valence-corrected chi connectivity index (χ3v) is 4.67. The molecule has 11 heteroatoms. The van der Waals surface area contributed by atoms with Crippen LogP contribution in [0.5, 0.6) is 0 Å². The molecule has 0 radical (unpaired) electrons. The zero-order valence-electron chi connectivity index (χ0n) is 17.6. The zero-order chi connectivity index (χ0) is 22.7. The number of amidine groups is 1. The number of rotatable bonds is 4. The average molecular weight is 426 g/mol. The second kappa shape index (κ2) is 8.78. The number of benzene rings is 1. The normalized spacial score (nSPS) is 16.0. The van der Waals surface area contributed by atoms with E-state index in [2.05, 4.69) is 24.8 Å². The summed E-state index contributed by atoms with van der Waals surface area (Å²) < 4.78 is 18.8. The number of carbonyl (C=O) groups excluding carboxylic acids is 1. The molecule has 1 aliphatic heterocycles. The number of ether oxygens (including phenoxy) is 1. The van der Waals surface area contributed by atoms with Gasteiger partial charge in [-0.15, -0.1) is 0 Å². The summed E-state index contributed by atoms with van der Waals surface area (Å²) >= 11 is 0. The predicted octanol–water partition coefficient (Wildman–Crippen LogP) is 2.18. The van der Waals surface area contributed by atoms with E-state index in [1.165, 1.54) is 20.2 Å². The Balaban J connectivity index is 2.04. The van der Waals surface area contributed by atoms with Gasteiger partial charge >= 0.3 is 6.09 Å². The topological polar surface area (TPSA) is 135 Å². The summed E-state index contributed by atoms with van der Waals surface area (Å²) in [6, 6.07) is 6.43. The molecule has 1 aromatic heterocycles. The minimum absolute atomic E-state index is 0.0175. The van der Waals surface area contributed by atoms with Crippen LogP contribution in [0.1, 0.15) is 18.3 Å². The molecule has 1 aromatic carbocycles. The number of hydrogen-bond acceptors (Lipinski definition) is 8.